The molecule has 0 heterocycles. The Balaban J connectivity index is 3.74. The number of nitrogens with one attached hydrogen (secondary N) is 2. The number of hydrazine groups is 1. The van der Waals surface area contributed by atoms with E-state index in [4.69, 9.17) is 16.7 Å². The molecule has 0 spiro atoms. The number of rotatable bonds is 6. The zero-order valence-corrected chi connectivity index (χ0v) is 8.42. The topological polar surface area (TPSA) is 169 Å². The van der Waals surface area contributed by atoms with E-state index in [0.717, 1.165) is 0 Å². The van der Waals surface area contributed by atoms with Crippen LogP contribution in [0.1, 0.15) is 12.8 Å². The Morgan fingerprint density at radius 2 is 2.25 bits per heavy atom. The van der Waals surface area contributed by atoms with Gasteiger partial charge in [0.05, 0.1) is 6.04 Å². The summed E-state index contributed by atoms with van der Waals surface area (Å²) in [5, 5.41) is 17.3. The highest BCUT2D eigenvalue weighted by Crippen LogP contribution is 1.94. The highest BCUT2D eigenvalue weighted by atomic mass is 16.7. The minimum Gasteiger partial charge on any atom is -0.365 e. The molecule has 0 aromatic rings. The molecule has 10 heteroatoms. The predicted molar refractivity (Wildman–Crippen MR) is 53.8 cm³/mol. The van der Waals surface area contributed by atoms with Crippen LogP contribution in [0.4, 0.5) is 0 Å². The van der Waals surface area contributed by atoms with Crippen LogP contribution in [-0.4, -0.2) is 34.7 Å². The molecule has 0 aliphatic heterocycles. The van der Waals surface area contributed by atoms with Crippen LogP contribution < -0.4 is 22.4 Å². The molecular formula is C6H14N6O4. The molecule has 10 nitrogen and oxygen atoms in total. The van der Waals surface area contributed by atoms with E-state index in [1.807, 2.05) is 0 Å². The molecule has 0 aliphatic carbocycles. The van der Waals surface area contributed by atoms with Crippen molar-refractivity contribution in [2.45, 2.75) is 18.9 Å². The van der Waals surface area contributed by atoms with E-state index in [2.05, 4.69) is 4.99 Å². The molecule has 0 aromatic heterocycles. The molecular weight excluding hydrogens is 220 g/mol. The van der Waals surface area contributed by atoms with Gasteiger partial charge < -0.3 is 11.5 Å². The van der Waals surface area contributed by atoms with Crippen molar-refractivity contribution in [3.63, 3.8) is 0 Å². The van der Waals surface area contributed by atoms with Gasteiger partial charge >= 0.3 is 0 Å². The third kappa shape index (κ3) is 6.50. The van der Waals surface area contributed by atoms with Gasteiger partial charge in [-0.15, -0.1) is 0 Å². The fourth-order valence-corrected chi connectivity index (χ4v) is 0.854. The molecule has 1 atom stereocenters. The highest BCUT2D eigenvalue weighted by Gasteiger charge is 2.11. The van der Waals surface area contributed by atoms with Gasteiger partial charge in [0.15, 0.2) is 5.03 Å². The number of amides is 1. The fourth-order valence-electron chi connectivity index (χ4n) is 0.854. The monoisotopic (exact) mass is 234 g/mol. The van der Waals surface area contributed by atoms with E-state index in [0.29, 0.717) is 6.42 Å². The number of guanidine groups is 1. The maximum Gasteiger partial charge on any atom is 0.260 e. The first-order valence-corrected chi connectivity index (χ1v) is 4.38. The zero-order valence-electron chi connectivity index (χ0n) is 8.42. The fraction of sp³-hybridized carbons (Fsp3) is 0.667. The molecule has 0 saturated heterocycles. The SMILES string of the molecule is NC(=NCCC[C@H](N)C(=O)NO)N[N+](=O)[O-]. The van der Waals surface area contributed by atoms with Crippen LogP contribution in [0.25, 0.3) is 0 Å². The third-order valence-corrected chi connectivity index (χ3v) is 1.61. The lowest BCUT2D eigenvalue weighted by Crippen LogP contribution is -2.39. The number of hydroxylamine groups is 1. The smallest absolute Gasteiger partial charge is 0.260 e. The lowest BCUT2D eigenvalue weighted by molar-refractivity contribution is -0.525. The van der Waals surface area contributed by atoms with Gasteiger partial charge in [-0.25, -0.2) is 20.6 Å². The molecule has 0 fully saturated rings. The van der Waals surface area contributed by atoms with Gasteiger partial charge in [0.2, 0.25) is 0 Å². The van der Waals surface area contributed by atoms with E-state index >= 15 is 0 Å². The Labute approximate surface area is 90.8 Å². The average molecular weight is 234 g/mol. The zero-order chi connectivity index (χ0) is 12.6. The molecule has 92 valence electrons. The van der Waals surface area contributed by atoms with Gasteiger partial charge in [0.1, 0.15) is 0 Å². The van der Waals surface area contributed by atoms with E-state index in [1.54, 1.807) is 5.43 Å². The molecule has 0 rings (SSSR count). The lowest BCUT2D eigenvalue weighted by Gasteiger charge is -2.07. The maximum absolute atomic E-state index is 10.7. The molecule has 16 heavy (non-hydrogen) atoms. The maximum atomic E-state index is 10.7. The first-order chi connectivity index (χ1) is 7.47. The van der Waals surface area contributed by atoms with Crippen molar-refractivity contribution in [1.29, 1.82) is 0 Å². The summed E-state index contributed by atoms with van der Waals surface area (Å²) in [6, 6.07) is -0.843. The number of hydrogen-bond acceptors (Lipinski definition) is 6. The molecule has 0 aromatic carbocycles. The van der Waals surface area contributed by atoms with E-state index < -0.39 is 17.0 Å². The van der Waals surface area contributed by atoms with Crippen LogP contribution in [0, 0.1) is 10.1 Å². The first-order valence-electron chi connectivity index (χ1n) is 4.38. The summed E-state index contributed by atoms with van der Waals surface area (Å²) >= 11 is 0. The Morgan fingerprint density at radius 3 is 2.75 bits per heavy atom. The second kappa shape index (κ2) is 7.36. The van der Waals surface area contributed by atoms with Crippen LogP contribution in [0.3, 0.4) is 0 Å². The van der Waals surface area contributed by atoms with Crippen LogP contribution in [0.5, 0.6) is 0 Å². The number of aliphatic imine (C=N–C) groups is 1. The van der Waals surface area contributed by atoms with Crippen molar-refractivity contribution in [2.75, 3.05) is 6.54 Å². The number of nitrogens with zero attached hydrogens (tertiary/aromatic N) is 2. The number of nitro groups is 1. The predicted octanol–water partition coefficient (Wildman–Crippen LogP) is -2.30. The Bertz CT molecular complexity index is 280. The van der Waals surface area contributed by atoms with Crippen molar-refractivity contribution in [2.24, 2.45) is 16.5 Å². The first kappa shape index (κ1) is 14.1. The summed E-state index contributed by atoms with van der Waals surface area (Å²) in [6.45, 7) is 0.194. The van der Waals surface area contributed by atoms with Crippen LogP contribution >= 0.6 is 0 Å². The second-order valence-electron chi connectivity index (χ2n) is 2.86. The van der Waals surface area contributed by atoms with Gasteiger partial charge in [0, 0.05) is 6.54 Å². The van der Waals surface area contributed by atoms with E-state index in [-0.39, 0.29) is 18.9 Å². The Kier molecular flexibility index (Phi) is 6.47. The van der Waals surface area contributed by atoms with E-state index in [1.165, 1.54) is 5.48 Å². The average Bonchev–Trinajstić information content (AvgIpc) is 2.21. The van der Waals surface area contributed by atoms with Crippen LogP contribution in [0.2, 0.25) is 0 Å². The van der Waals surface area contributed by atoms with Gasteiger partial charge in [-0.3, -0.25) is 10.0 Å². The van der Waals surface area contributed by atoms with Gasteiger partial charge in [-0.1, -0.05) is 5.43 Å². The van der Waals surface area contributed by atoms with E-state index in [9.17, 15) is 14.9 Å². The minimum absolute atomic E-state index is 0.194. The molecule has 0 unspecified atom stereocenters. The molecule has 0 radical (unpaired) electrons. The summed E-state index contributed by atoms with van der Waals surface area (Å²) in [5.41, 5.74) is 13.6. The number of hydrogen-bond donors (Lipinski definition) is 5. The summed E-state index contributed by atoms with van der Waals surface area (Å²) in [7, 11) is 0. The minimum atomic E-state index is -0.843. The molecule has 0 bridgehead atoms. The Hall–Kier alpha value is -1.94. The summed E-state index contributed by atoms with van der Waals surface area (Å²) in [6.07, 6.45) is 0.691. The van der Waals surface area contributed by atoms with Crippen molar-refractivity contribution in [3.8, 4) is 0 Å². The number of carbonyl (C=O) groups is 1. The normalized spacial score (nSPS) is 13.0. The van der Waals surface area contributed by atoms with Crippen molar-refractivity contribution >= 4 is 11.9 Å². The summed E-state index contributed by atoms with van der Waals surface area (Å²) in [5.74, 6) is -1.01. The quantitative estimate of drug-likeness (QED) is 0.0858. The summed E-state index contributed by atoms with van der Waals surface area (Å²) < 4.78 is 0. The summed E-state index contributed by atoms with van der Waals surface area (Å²) in [4.78, 5) is 24.3. The van der Waals surface area contributed by atoms with Crippen LogP contribution in [0.15, 0.2) is 4.99 Å². The van der Waals surface area contributed by atoms with Gasteiger partial charge in [-0.05, 0) is 12.8 Å². The second-order valence-corrected chi connectivity index (χ2v) is 2.86. The molecule has 0 saturated carbocycles. The highest BCUT2D eigenvalue weighted by molar-refractivity contribution is 5.80. The van der Waals surface area contributed by atoms with Crippen LogP contribution in [-0.2, 0) is 4.79 Å². The van der Waals surface area contributed by atoms with Gasteiger partial charge in [0.25, 0.3) is 11.9 Å². The third-order valence-electron chi connectivity index (χ3n) is 1.61. The standard InChI is InChI=1S/C6H14N6O4/c7-4(5(13)11-14)2-1-3-9-6(8)10-12(15)16/h4,14H,1-3,7H2,(H,11,13)(H3,8,9,10)/t4-/m0/s1. The van der Waals surface area contributed by atoms with Gasteiger partial charge in [-0.2, -0.15) is 0 Å². The molecule has 1 amide bonds. The van der Waals surface area contributed by atoms with Crippen molar-refractivity contribution in [1.82, 2.24) is 10.9 Å². The number of nitrogens with two attached hydrogens (primary N) is 2. The number of carbonyl (C=O) groups excluding carboxylic acids is 1. The van der Waals surface area contributed by atoms with Crippen molar-refractivity contribution < 1.29 is 15.0 Å². The van der Waals surface area contributed by atoms with Crippen molar-refractivity contribution in [3.05, 3.63) is 10.1 Å². The molecule has 0 aliphatic rings. The molecule has 7 N–H and O–H groups in total. The Morgan fingerprint density at radius 1 is 1.62 bits per heavy atom. The lowest BCUT2D eigenvalue weighted by atomic mass is 10.1. The largest absolute Gasteiger partial charge is 0.365 e.